The zero-order chi connectivity index (χ0) is 40.0. The number of aromatic nitrogens is 1. The van der Waals surface area contributed by atoms with Crippen LogP contribution in [0.2, 0.25) is 0 Å². The lowest BCUT2D eigenvalue weighted by molar-refractivity contribution is -0.304. The number of nitrogens with zero attached hydrogens (tertiary/aromatic N) is 2. The molecular formula is C51H68N2O5. The van der Waals surface area contributed by atoms with Crippen LogP contribution in [-0.4, -0.2) is 65.7 Å². The predicted molar refractivity (Wildman–Crippen MR) is 232 cm³/mol. The molecule has 9 rings (SSSR count). The number of benzene rings is 3. The monoisotopic (exact) mass is 789 g/mol. The van der Waals surface area contributed by atoms with Crippen LogP contribution in [0.3, 0.4) is 0 Å². The van der Waals surface area contributed by atoms with Crippen LogP contribution in [0.25, 0.3) is 10.9 Å². The smallest absolute Gasteiger partial charge is 0.231 e. The van der Waals surface area contributed by atoms with Crippen molar-refractivity contribution in [2.24, 2.45) is 17.8 Å². The predicted octanol–water partition coefficient (Wildman–Crippen LogP) is 11.0. The molecular weight excluding hydrogens is 721 g/mol. The van der Waals surface area contributed by atoms with Crippen molar-refractivity contribution < 1.29 is 23.7 Å². The summed E-state index contributed by atoms with van der Waals surface area (Å²) >= 11 is 0. The van der Waals surface area contributed by atoms with Gasteiger partial charge in [0.05, 0.1) is 30.9 Å². The fraction of sp³-hybridized carbons (Fsp3) is 0.588. The number of carbonyl (C=O) groups is 1. The van der Waals surface area contributed by atoms with Crippen LogP contribution in [-0.2, 0) is 38.6 Å². The lowest BCUT2D eigenvalue weighted by Crippen LogP contribution is -2.56. The molecule has 3 aromatic carbocycles. The number of fused-ring (bicyclic) bond motifs is 4. The van der Waals surface area contributed by atoms with Crippen molar-refractivity contribution in [1.29, 1.82) is 0 Å². The Labute approximate surface area is 347 Å². The van der Waals surface area contributed by atoms with Crippen LogP contribution in [0.4, 0.5) is 0 Å². The van der Waals surface area contributed by atoms with E-state index in [0.29, 0.717) is 44.1 Å². The molecule has 1 aromatic heterocycles. The third-order valence-corrected chi connectivity index (χ3v) is 14.1. The van der Waals surface area contributed by atoms with Gasteiger partial charge in [0.2, 0.25) is 5.91 Å². The molecule has 0 radical (unpaired) electrons. The highest BCUT2D eigenvalue weighted by atomic mass is 16.7. The van der Waals surface area contributed by atoms with Gasteiger partial charge in [0, 0.05) is 55.1 Å². The van der Waals surface area contributed by atoms with Gasteiger partial charge in [-0.3, -0.25) is 14.3 Å². The highest BCUT2D eigenvalue weighted by Gasteiger charge is 2.50. The van der Waals surface area contributed by atoms with Crippen molar-refractivity contribution in [3.8, 4) is 0 Å². The molecule has 7 heteroatoms. The molecule has 3 saturated heterocycles. The molecule has 0 N–H and O–H groups in total. The van der Waals surface area contributed by atoms with Crippen LogP contribution in [0.1, 0.15) is 130 Å². The molecule has 5 aliphatic rings. The molecule has 4 fully saturated rings. The van der Waals surface area contributed by atoms with Gasteiger partial charge in [0.15, 0.2) is 6.29 Å². The summed E-state index contributed by atoms with van der Waals surface area (Å²) in [6.07, 6.45) is 11.8. The standard InChI is InChI=1S/C51H68N2O5/c1-5-40-30-39-31-43-47(40)52(32-39)27-26-41-42-29-35(3)24-25-44(42)53(48(41)43)46(54)23-17-9-7-8-10-18-28-55-51-50(57-34-38-21-15-12-16-22-38)49(36(4)45(6-2)58-51)56-33-37-19-13-11-14-20-37/h11-16,19-22,24-25,29,36,39-40,43,45,47,49-51H,5-10,17-18,23,26-28,30-34H2,1-4H3/t36-,39+,40+,43-,45-,47?,49+,50-,51+/m1/s1. The zero-order valence-electron chi connectivity index (χ0n) is 35.7. The van der Waals surface area contributed by atoms with E-state index in [0.717, 1.165) is 86.4 Å². The van der Waals surface area contributed by atoms with E-state index in [1.54, 1.807) is 0 Å². The normalized spacial score (nSPS) is 29.0. The van der Waals surface area contributed by atoms with E-state index in [1.165, 1.54) is 48.0 Å². The minimum absolute atomic E-state index is 0.0365. The lowest BCUT2D eigenvalue weighted by atomic mass is 9.65. The number of piperidine rings is 2. The first-order valence-electron chi connectivity index (χ1n) is 22.9. The molecule has 5 heterocycles. The van der Waals surface area contributed by atoms with Gasteiger partial charge in [-0.1, -0.05) is 125 Å². The highest BCUT2D eigenvalue weighted by Crippen LogP contribution is 2.52. The van der Waals surface area contributed by atoms with Gasteiger partial charge in [-0.2, -0.15) is 0 Å². The Balaban J connectivity index is 0.838. The van der Waals surface area contributed by atoms with Crippen LogP contribution >= 0.6 is 0 Å². The summed E-state index contributed by atoms with van der Waals surface area (Å²) < 4.78 is 28.6. The SMILES string of the molecule is CC[C@H]1C[C@H]2C[C@H]3c4c(c5cc(C)ccc5n4C(=O)CCCCCCCCO[C@H]4O[C@H](CC)[C@@H](C)[C@H](OCc5ccccc5)[C@H]4OCc4ccccc4)CCN(C2)C13. The van der Waals surface area contributed by atoms with Crippen molar-refractivity contribution in [2.75, 3.05) is 19.7 Å². The third kappa shape index (κ3) is 9.05. The summed E-state index contributed by atoms with van der Waals surface area (Å²) in [7, 11) is 0. The first kappa shape index (κ1) is 41.4. The molecule has 4 aliphatic heterocycles. The van der Waals surface area contributed by atoms with Gasteiger partial charge >= 0.3 is 0 Å². The maximum atomic E-state index is 14.3. The van der Waals surface area contributed by atoms with Crippen LogP contribution < -0.4 is 0 Å². The molecule has 1 aliphatic carbocycles. The first-order valence-corrected chi connectivity index (χ1v) is 22.9. The molecule has 0 amide bonds. The van der Waals surface area contributed by atoms with Crippen LogP contribution in [0.15, 0.2) is 78.9 Å². The Morgan fingerprint density at radius 1 is 0.793 bits per heavy atom. The van der Waals surface area contributed by atoms with E-state index in [9.17, 15) is 4.79 Å². The minimum Gasteiger partial charge on any atom is -0.370 e. The minimum atomic E-state index is -0.486. The van der Waals surface area contributed by atoms with Crippen molar-refractivity contribution in [3.63, 3.8) is 0 Å². The molecule has 7 nitrogen and oxygen atoms in total. The maximum Gasteiger partial charge on any atom is 0.231 e. The van der Waals surface area contributed by atoms with Crippen molar-refractivity contribution in [1.82, 2.24) is 9.47 Å². The van der Waals surface area contributed by atoms with E-state index in [-0.39, 0.29) is 24.2 Å². The number of ether oxygens (including phenoxy) is 4. The molecule has 1 saturated carbocycles. The van der Waals surface area contributed by atoms with E-state index >= 15 is 0 Å². The molecule has 10 atom stereocenters. The molecule has 4 aromatic rings. The maximum absolute atomic E-state index is 14.3. The Morgan fingerprint density at radius 2 is 1.48 bits per heavy atom. The summed E-state index contributed by atoms with van der Waals surface area (Å²) in [5.41, 5.74) is 7.55. The average Bonchev–Trinajstić information content (AvgIpc) is 3.52. The number of hydrogen-bond acceptors (Lipinski definition) is 6. The highest BCUT2D eigenvalue weighted by molar-refractivity contribution is 5.97. The van der Waals surface area contributed by atoms with Crippen molar-refractivity contribution in [2.45, 2.75) is 155 Å². The Bertz CT molecular complexity index is 1930. The van der Waals surface area contributed by atoms with Crippen LogP contribution in [0.5, 0.6) is 0 Å². The van der Waals surface area contributed by atoms with Gasteiger partial charge in [0.25, 0.3) is 0 Å². The summed E-state index contributed by atoms with van der Waals surface area (Å²) in [5, 5.41) is 1.32. The fourth-order valence-electron chi connectivity index (χ4n) is 11.2. The number of carbonyl (C=O) groups excluding carboxylic acids is 1. The molecule has 0 spiro atoms. The Morgan fingerprint density at radius 3 is 2.19 bits per heavy atom. The number of rotatable bonds is 18. The van der Waals surface area contributed by atoms with E-state index in [4.69, 9.17) is 18.9 Å². The van der Waals surface area contributed by atoms with Gasteiger partial charge in [-0.15, -0.1) is 0 Å². The van der Waals surface area contributed by atoms with Crippen LogP contribution in [0, 0.1) is 24.7 Å². The van der Waals surface area contributed by atoms with Gasteiger partial charge < -0.3 is 18.9 Å². The number of aryl methyl sites for hydroxylation is 1. The topological polar surface area (TPSA) is 62.2 Å². The molecule has 4 bridgehead atoms. The lowest BCUT2D eigenvalue weighted by Gasteiger charge is -2.53. The molecule has 312 valence electrons. The summed E-state index contributed by atoms with van der Waals surface area (Å²) in [6, 6.07) is 28.0. The second-order valence-electron chi connectivity index (χ2n) is 18.0. The molecule has 2 unspecified atom stereocenters. The van der Waals surface area contributed by atoms with Gasteiger partial charge in [-0.25, -0.2) is 0 Å². The van der Waals surface area contributed by atoms with E-state index in [1.807, 2.05) is 24.3 Å². The first-order chi connectivity index (χ1) is 28.4. The summed E-state index contributed by atoms with van der Waals surface area (Å²) in [6.45, 7) is 13.0. The Kier molecular flexibility index (Phi) is 13.8. The van der Waals surface area contributed by atoms with Crippen molar-refractivity contribution >= 4 is 16.8 Å². The van der Waals surface area contributed by atoms with Crippen molar-refractivity contribution in [3.05, 3.63) is 107 Å². The van der Waals surface area contributed by atoms with E-state index in [2.05, 4.69) is 91.8 Å². The second-order valence-corrected chi connectivity index (χ2v) is 18.0. The summed E-state index contributed by atoms with van der Waals surface area (Å²) in [4.78, 5) is 17.1. The fourth-order valence-corrected chi connectivity index (χ4v) is 11.2. The van der Waals surface area contributed by atoms with Gasteiger partial charge in [-0.05, 0) is 86.1 Å². The van der Waals surface area contributed by atoms with E-state index < -0.39 is 6.29 Å². The average molecular weight is 789 g/mol. The number of unbranched alkanes of at least 4 members (excludes halogenated alkanes) is 5. The third-order valence-electron chi connectivity index (χ3n) is 14.1. The Hall–Kier alpha value is -3.33. The quantitative estimate of drug-likeness (QED) is 0.0936. The number of hydrogen-bond donors (Lipinski definition) is 0. The molecule has 58 heavy (non-hydrogen) atoms. The zero-order valence-corrected chi connectivity index (χ0v) is 35.7. The van der Waals surface area contributed by atoms with Gasteiger partial charge in [0.1, 0.15) is 6.10 Å². The summed E-state index contributed by atoms with van der Waals surface area (Å²) in [5.74, 6) is 2.44. The second kappa shape index (κ2) is 19.4. The largest absolute Gasteiger partial charge is 0.370 e.